The quantitative estimate of drug-likeness (QED) is 0.766. The highest BCUT2D eigenvalue weighted by molar-refractivity contribution is 14.1. The van der Waals surface area contributed by atoms with Crippen LogP contribution >= 0.6 is 22.6 Å². The summed E-state index contributed by atoms with van der Waals surface area (Å²) in [5.74, 6) is 0.813. The van der Waals surface area contributed by atoms with Crippen molar-refractivity contribution in [1.29, 1.82) is 0 Å². The van der Waals surface area contributed by atoms with Gasteiger partial charge in [-0.3, -0.25) is 9.69 Å². The van der Waals surface area contributed by atoms with E-state index in [1.807, 2.05) is 0 Å². The number of H-pyrrole nitrogens is 1. The minimum atomic E-state index is -0.0566. The van der Waals surface area contributed by atoms with E-state index in [2.05, 4.69) is 63.1 Å². The number of nitrogens with zero attached hydrogens (tertiary/aromatic N) is 3. The van der Waals surface area contributed by atoms with Crippen molar-refractivity contribution in [2.45, 2.75) is 26.3 Å². The number of aromatic amines is 1. The average Bonchev–Trinajstić information content (AvgIpc) is 2.32. The Morgan fingerprint density at radius 2 is 1.89 bits per heavy atom. The molecule has 1 saturated heterocycles. The van der Waals surface area contributed by atoms with E-state index < -0.39 is 0 Å². The second kappa shape index (κ2) is 5.16. The third-order valence-electron chi connectivity index (χ3n) is 3.31. The molecule has 1 aliphatic rings. The van der Waals surface area contributed by atoms with Crippen LogP contribution in [0, 0.1) is 3.57 Å². The first-order valence-corrected chi connectivity index (χ1v) is 7.20. The minimum absolute atomic E-state index is 0.0566. The number of hydrogen-bond donors (Lipinski definition) is 1. The van der Waals surface area contributed by atoms with Crippen LogP contribution in [0.4, 0.5) is 5.82 Å². The van der Waals surface area contributed by atoms with Gasteiger partial charge in [-0.1, -0.05) is 0 Å². The van der Waals surface area contributed by atoms with Crippen molar-refractivity contribution in [3.63, 3.8) is 0 Å². The molecule has 1 N–H and O–H groups in total. The maximum Gasteiger partial charge on any atom is 0.266 e. The van der Waals surface area contributed by atoms with Gasteiger partial charge in [0, 0.05) is 31.7 Å². The van der Waals surface area contributed by atoms with E-state index in [9.17, 15) is 4.79 Å². The molecule has 100 valence electrons. The van der Waals surface area contributed by atoms with E-state index in [-0.39, 0.29) is 11.1 Å². The number of aromatic nitrogens is 2. The summed E-state index contributed by atoms with van der Waals surface area (Å²) in [6.45, 7) is 10.6. The zero-order valence-corrected chi connectivity index (χ0v) is 13.2. The minimum Gasteiger partial charge on any atom is -0.353 e. The van der Waals surface area contributed by atoms with Crippen LogP contribution in [0.3, 0.4) is 0 Å². The predicted molar refractivity (Wildman–Crippen MR) is 81.1 cm³/mol. The highest BCUT2D eigenvalue weighted by atomic mass is 127. The number of hydrogen-bond acceptors (Lipinski definition) is 4. The van der Waals surface area contributed by atoms with E-state index in [1.54, 1.807) is 0 Å². The summed E-state index contributed by atoms with van der Waals surface area (Å²) in [6.07, 6.45) is 1.48. The van der Waals surface area contributed by atoms with Gasteiger partial charge in [0.15, 0.2) is 0 Å². The Kier molecular flexibility index (Phi) is 3.96. The molecular formula is C12H19IN4O. The molecule has 6 heteroatoms. The first-order chi connectivity index (χ1) is 8.39. The fourth-order valence-corrected chi connectivity index (χ4v) is 2.82. The third kappa shape index (κ3) is 2.85. The van der Waals surface area contributed by atoms with Gasteiger partial charge in [-0.2, -0.15) is 0 Å². The summed E-state index contributed by atoms with van der Waals surface area (Å²) in [4.78, 5) is 23.1. The normalized spacial score (nSPS) is 18.1. The van der Waals surface area contributed by atoms with Crippen molar-refractivity contribution in [3.8, 4) is 0 Å². The van der Waals surface area contributed by atoms with Gasteiger partial charge in [-0.05, 0) is 43.4 Å². The molecule has 1 aliphatic heterocycles. The zero-order chi connectivity index (χ0) is 13.3. The van der Waals surface area contributed by atoms with Gasteiger partial charge in [0.05, 0.1) is 6.33 Å². The number of halogens is 1. The fourth-order valence-electron chi connectivity index (χ4n) is 2.18. The lowest BCUT2D eigenvalue weighted by atomic mass is 10.1. The maximum atomic E-state index is 11.6. The molecule has 2 heterocycles. The maximum absolute atomic E-state index is 11.6. The van der Waals surface area contributed by atoms with Crippen LogP contribution in [0.25, 0.3) is 0 Å². The molecule has 2 rings (SSSR count). The lowest BCUT2D eigenvalue weighted by Gasteiger charge is -2.42. The largest absolute Gasteiger partial charge is 0.353 e. The van der Waals surface area contributed by atoms with E-state index in [1.165, 1.54) is 6.33 Å². The Labute approximate surface area is 121 Å². The van der Waals surface area contributed by atoms with Crippen molar-refractivity contribution in [2.24, 2.45) is 0 Å². The second-order valence-electron chi connectivity index (χ2n) is 5.51. The Balaban J connectivity index is 2.11. The third-order valence-corrected chi connectivity index (χ3v) is 4.28. The molecule has 0 radical (unpaired) electrons. The van der Waals surface area contributed by atoms with Crippen LogP contribution in [0.15, 0.2) is 11.1 Å². The molecule has 1 aromatic heterocycles. The molecule has 0 aliphatic carbocycles. The first-order valence-electron chi connectivity index (χ1n) is 6.13. The molecule has 0 atom stereocenters. The van der Waals surface area contributed by atoms with Crippen LogP contribution in [-0.2, 0) is 0 Å². The van der Waals surface area contributed by atoms with Crippen molar-refractivity contribution in [3.05, 3.63) is 20.3 Å². The molecule has 0 spiro atoms. The summed E-state index contributed by atoms with van der Waals surface area (Å²) in [6, 6.07) is 0. The van der Waals surface area contributed by atoms with E-state index in [0.717, 1.165) is 32.0 Å². The topological polar surface area (TPSA) is 52.2 Å². The molecule has 5 nitrogen and oxygen atoms in total. The van der Waals surface area contributed by atoms with Crippen molar-refractivity contribution >= 4 is 28.4 Å². The highest BCUT2D eigenvalue weighted by Crippen LogP contribution is 2.20. The van der Waals surface area contributed by atoms with Crippen molar-refractivity contribution < 1.29 is 0 Å². The number of nitrogens with one attached hydrogen (secondary N) is 1. The summed E-state index contributed by atoms with van der Waals surface area (Å²) >= 11 is 2.07. The SMILES string of the molecule is CC(C)(C)N1CCN(c2nc[nH]c(=O)c2I)CC1. The Morgan fingerprint density at radius 1 is 1.28 bits per heavy atom. The summed E-state index contributed by atoms with van der Waals surface area (Å²) < 4.78 is 0.680. The monoisotopic (exact) mass is 362 g/mol. The van der Waals surface area contributed by atoms with Crippen LogP contribution in [0.1, 0.15) is 20.8 Å². The molecule has 0 amide bonds. The van der Waals surface area contributed by atoms with Crippen LogP contribution in [0.5, 0.6) is 0 Å². The fraction of sp³-hybridized carbons (Fsp3) is 0.667. The standard InChI is InChI=1S/C12H19IN4O/c1-12(2,3)17-6-4-16(5-7-17)10-9(13)11(18)15-8-14-10/h8H,4-7H2,1-3H3,(H,14,15,18). The second-order valence-corrected chi connectivity index (χ2v) is 6.59. The van der Waals surface area contributed by atoms with Gasteiger partial charge < -0.3 is 9.88 Å². The van der Waals surface area contributed by atoms with Crippen LogP contribution < -0.4 is 10.5 Å². The van der Waals surface area contributed by atoms with Crippen molar-refractivity contribution in [1.82, 2.24) is 14.9 Å². The first kappa shape index (κ1) is 13.8. The molecule has 0 aromatic carbocycles. The van der Waals surface area contributed by atoms with Gasteiger partial charge in [-0.15, -0.1) is 0 Å². The smallest absolute Gasteiger partial charge is 0.266 e. The molecule has 0 saturated carbocycles. The van der Waals surface area contributed by atoms with Crippen molar-refractivity contribution in [2.75, 3.05) is 31.1 Å². The zero-order valence-electron chi connectivity index (χ0n) is 11.0. The molecule has 1 fully saturated rings. The van der Waals surface area contributed by atoms with Gasteiger partial charge in [-0.25, -0.2) is 4.98 Å². The van der Waals surface area contributed by atoms with E-state index >= 15 is 0 Å². The van der Waals surface area contributed by atoms with Gasteiger partial charge in [0.25, 0.3) is 5.56 Å². The number of rotatable bonds is 1. The van der Waals surface area contributed by atoms with Gasteiger partial charge >= 0.3 is 0 Å². The predicted octanol–water partition coefficient (Wildman–Crippen LogP) is 1.30. The van der Waals surface area contributed by atoms with Crippen LogP contribution in [0.2, 0.25) is 0 Å². The molecular weight excluding hydrogens is 343 g/mol. The highest BCUT2D eigenvalue weighted by Gasteiger charge is 2.27. The molecule has 18 heavy (non-hydrogen) atoms. The van der Waals surface area contributed by atoms with E-state index in [4.69, 9.17) is 0 Å². The molecule has 0 unspecified atom stereocenters. The summed E-state index contributed by atoms with van der Waals surface area (Å²) in [5.41, 5.74) is 0.153. The van der Waals surface area contributed by atoms with E-state index in [0.29, 0.717) is 3.57 Å². The lowest BCUT2D eigenvalue weighted by Crippen LogP contribution is -2.54. The van der Waals surface area contributed by atoms with Gasteiger partial charge in [0.2, 0.25) is 0 Å². The Morgan fingerprint density at radius 3 is 2.44 bits per heavy atom. The average molecular weight is 362 g/mol. The van der Waals surface area contributed by atoms with Gasteiger partial charge in [0.1, 0.15) is 9.39 Å². The molecule has 1 aromatic rings. The summed E-state index contributed by atoms with van der Waals surface area (Å²) in [5, 5.41) is 0. The number of piperazine rings is 1. The number of anilines is 1. The Bertz CT molecular complexity index is 472. The van der Waals surface area contributed by atoms with Crippen LogP contribution in [-0.4, -0.2) is 46.6 Å². The summed E-state index contributed by atoms with van der Waals surface area (Å²) in [7, 11) is 0. The molecule has 0 bridgehead atoms. The Hall–Kier alpha value is -0.630. The lowest BCUT2D eigenvalue weighted by molar-refractivity contribution is 0.128.